The molecule has 2 rings (SSSR count). The predicted molar refractivity (Wildman–Crippen MR) is 76.2 cm³/mol. The van der Waals surface area contributed by atoms with E-state index in [9.17, 15) is 26.7 Å². The second kappa shape index (κ2) is 7.92. The van der Waals surface area contributed by atoms with Gasteiger partial charge in [0.2, 0.25) is 0 Å². The van der Waals surface area contributed by atoms with E-state index in [1.807, 2.05) is 0 Å². The molecule has 3 nitrogen and oxygen atoms in total. The van der Waals surface area contributed by atoms with Gasteiger partial charge in [-0.25, -0.2) is 8.78 Å². The number of nitrogens with zero attached hydrogens (tertiary/aromatic N) is 1. The molecule has 1 aliphatic rings. The first kappa shape index (κ1) is 18.6. The fourth-order valence-electron chi connectivity index (χ4n) is 2.66. The molecule has 1 aromatic rings. The zero-order valence-electron chi connectivity index (χ0n) is 12.9. The summed E-state index contributed by atoms with van der Waals surface area (Å²) in [5.41, 5.74) is -0.0833. The standard InChI is InChI=1S/C16H18F5NO2/c17-13-1-2-14(18)12(7-13)8-15(23)24-9-11-3-5-22(6-4-11)10-16(19,20)21/h1-2,7,11H,3-6,8-10H2. The molecule has 1 fully saturated rings. The Morgan fingerprint density at radius 3 is 2.50 bits per heavy atom. The van der Waals surface area contributed by atoms with Gasteiger partial charge in [0.05, 0.1) is 19.6 Å². The number of likely N-dealkylation sites (tertiary alicyclic amines) is 1. The average Bonchev–Trinajstić information content (AvgIpc) is 2.49. The molecule has 0 atom stereocenters. The number of carbonyl (C=O) groups excluding carboxylic acids is 1. The summed E-state index contributed by atoms with van der Waals surface area (Å²) < 4.78 is 68.4. The van der Waals surface area contributed by atoms with Crippen LogP contribution in [-0.2, 0) is 16.0 Å². The molecule has 0 unspecified atom stereocenters. The first-order chi connectivity index (χ1) is 11.2. The van der Waals surface area contributed by atoms with Gasteiger partial charge in [0.15, 0.2) is 0 Å². The van der Waals surface area contributed by atoms with E-state index in [-0.39, 0.29) is 24.5 Å². The van der Waals surface area contributed by atoms with Crippen molar-refractivity contribution in [3.05, 3.63) is 35.4 Å². The number of rotatable bonds is 5. The lowest BCUT2D eigenvalue weighted by molar-refractivity contribution is -0.150. The zero-order valence-corrected chi connectivity index (χ0v) is 12.9. The van der Waals surface area contributed by atoms with E-state index < -0.39 is 30.3 Å². The molecule has 1 heterocycles. The van der Waals surface area contributed by atoms with Gasteiger partial charge in [-0.15, -0.1) is 0 Å². The SMILES string of the molecule is O=C(Cc1cc(F)ccc1F)OCC1CCN(CC(F)(F)F)CC1. The summed E-state index contributed by atoms with van der Waals surface area (Å²) in [6, 6.07) is 2.83. The van der Waals surface area contributed by atoms with Crippen LogP contribution >= 0.6 is 0 Å². The van der Waals surface area contributed by atoms with Crippen molar-refractivity contribution < 1.29 is 31.5 Å². The molecule has 8 heteroatoms. The number of ether oxygens (including phenoxy) is 1. The Hall–Kier alpha value is -1.70. The van der Waals surface area contributed by atoms with Crippen molar-refractivity contribution in [1.29, 1.82) is 0 Å². The van der Waals surface area contributed by atoms with Crippen LogP contribution in [0.3, 0.4) is 0 Å². The number of piperidine rings is 1. The van der Waals surface area contributed by atoms with Crippen LogP contribution in [0.5, 0.6) is 0 Å². The minimum atomic E-state index is -4.21. The van der Waals surface area contributed by atoms with Gasteiger partial charge in [-0.3, -0.25) is 9.69 Å². The second-order valence-corrected chi connectivity index (χ2v) is 5.93. The molecule has 134 valence electrons. The van der Waals surface area contributed by atoms with Crippen LogP contribution in [0.1, 0.15) is 18.4 Å². The molecule has 0 saturated carbocycles. The number of halogens is 5. The quantitative estimate of drug-likeness (QED) is 0.602. The highest BCUT2D eigenvalue weighted by Gasteiger charge is 2.32. The van der Waals surface area contributed by atoms with Crippen molar-refractivity contribution in [3.8, 4) is 0 Å². The minimum Gasteiger partial charge on any atom is -0.465 e. The van der Waals surface area contributed by atoms with Crippen LogP contribution in [0.25, 0.3) is 0 Å². The van der Waals surface area contributed by atoms with E-state index in [1.165, 1.54) is 4.90 Å². The number of esters is 1. The molecule has 0 aliphatic carbocycles. The van der Waals surface area contributed by atoms with Gasteiger partial charge in [0.1, 0.15) is 11.6 Å². The van der Waals surface area contributed by atoms with E-state index in [1.54, 1.807) is 0 Å². The Morgan fingerprint density at radius 1 is 1.21 bits per heavy atom. The molecule has 0 N–H and O–H groups in total. The summed E-state index contributed by atoms with van der Waals surface area (Å²) in [6.07, 6.45) is -3.60. The average molecular weight is 351 g/mol. The maximum atomic E-state index is 13.4. The van der Waals surface area contributed by atoms with Crippen LogP contribution in [0.2, 0.25) is 0 Å². The molecule has 0 radical (unpaired) electrons. The topological polar surface area (TPSA) is 29.5 Å². The Kier molecular flexibility index (Phi) is 6.15. The van der Waals surface area contributed by atoms with E-state index in [4.69, 9.17) is 4.74 Å². The van der Waals surface area contributed by atoms with E-state index in [0.29, 0.717) is 25.9 Å². The normalized spacial score (nSPS) is 17.0. The van der Waals surface area contributed by atoms with Crippen LogP contribution in [-0.4, -0.2) is 43.3 Å². The van der Waals surface area contributed by atoms with Gasteiger partial charge in [-0.05, 0) is 50.0 Å². The lowest BCUT2D eigenvalue weighted by Gasteiger charge is -2.31. The fourth-order valence-corrected chi connectivity index (χ4v) is 2.66. The summed E-state index contributed by atoms with van der Waals surface area (Å²) in [7, 11) is 0. The van der Waals surface area contributed by atoms with Crippen molar-refractivity contribution in [2.75, 3.05) is 26.2 Å². The zero-order chi connectivity index (χ0) is 17.7. The summed E-state index contributed by atoms with van der Waals surface area (Å²) in [5.74, 6) is -2.03. The number of hydrogen-bond acceptors (Lipinski definition) is 3. The molecule has 0 spiro atoms. The monoisotopic (exact) mass is 351 g/mol. The first-order valence-electron chi connectivity index (χ1n) is 7.61. The van der Waals surface area contributed by atoms with Gasteiger partial charge in [-0.1, -0.05) is 0 Å². The highest BCUT2D eigenvalue weighted by molar-refractivity contribution is 5.72. The van der Waals surface area contributed by atoms with E-state index >= 15 is 0 Å². The van der Waals surface area contributed by atoms with Crippen molar-refractivity contribution in [1.82, 2.24) is 4.90 Å². The largest absolute Gasteiger partial charge is 0.465 e. The van der Waals surface area contributed by atoms with Crippen LogP contribution < -0.4 is 0 Å². The molecule has 1 saturated heterocycles. The van der Waals surface area contributed by atoms with Gasteiger partial charge in [0.25, 0.3) is 0 Å². The molecule has 1 aliphatic heterocycles. The summed E-state index contributed by atoms with van der Waals surface area (Å²) in [6.45, 7) is -0.269. The lowest BCUT2D eigenvalue weighted by atomic mass is 9.98. The predicted octanol–water partition coefficient (Wildman–Crippen LogP) is 3.32. The molecule has 0 amide bonds. The van der Waals surface area contributed by atoms with Crippen LogP contribution in [0.15, 0.2) is 18.2 Å². The van der Waals surface area contributed by atoms with Gasteiger partial charge in [-0.2, -0.15) is 13.2 Å². The maximum Gasteiger partial charge on any atom is 0.401 e. The van der Waals surface area contributed by atoms with Crippen molar-refractivity contribution >= 4 is 5.97 Å². The Balaban J connectivity index is 1.72. The van der Waals surface area contributed by atoms with E-state index in [0.717, 1.165) is 18.2 Å². The van der Waals surface area contributed by atoms with Crippen molar-refractivity contribution in [2.24, 2.45) is 5.92 Å². The second-order valence-electron chi connectivity index (χ2n) is 5.93. The van der Waals surface area contributed by atoms with Gasteiger partial charge in [0, 0.05) is 5.56 Å². The van der Waals surface area contributed by atoms with Gasteiger partial charge >= 0.3 is 12.1 Å². The molecular formula is C16H18F5NO2. The first-order valence-corrected chi connectivity index (χ1v) is 7.61. The Morgan fingerprint density at radius 2 is 1.88 bits per heavy atom. The maximum absolute atomic E-state index is 13.4. The molecule has 24 heavy (non-hydrogen) atoms. The summed E-state index contributed by atoms with van der Waals surface area (Å²) in [4.78, 5) is 13.0. The lowest BCUT2D eigenvalue weighted by Crippen LogP contribution is -2.41. The number of benzene rings is 1. The number of alkyl halides is 3. The number of hydrogen-bond donors (Lipinski definition) is 0. The highest BCUT2D eigenvalue weighted by Crippen LogP contribution is 2.22. The molecule has 1 aromatic carbocycles. The summed E-state index contributed by atoms with van der Waals surface area (Å²) in [5, 5.41) is 0. The smallest absolute Gasteiger partial charge is 0.401 e. The molecular weight excluding hydrogens is 333 g/mol. The van der Waals surface area contributed by atoms with Crippen LogP contribution in [0.4, 0.5) is 22.0 Å². The summed E-state index contributed by atoms with van der Waals surface area (Å²) >= 11 is 0. The minimum absolute atomic E-state index is 0.0178. The van der Waals surface area contributed by atoms with E-state index in [2.05, 4.69) is 0 Å². The fraction of sp³-hybridized carbons (Fsp3) is 0.562. The molecule has 0 aromatic heterocycles. The third-order valence-corrected chi connectivity index (χ3v) is 3.93. The van der Waals surface area contributed by atoms with Crippen molar-refractivity contribution in [2.45, 2.75) is 25.4 Å². The Labute approximate surface area is 136 Å². The third kappa shape index (κ3) is 6.07. The van der Waals surface area contributed by atoms with Crippen molar-refractivity contribution in [3.63, 3.8) is 0 Å². The third-order valence-electron chi connectivity index (χ3n) is 3.93. The van der Waals surface area contributed by atoms with Crippen LogP contribution in [0, 0.1) is 17.6 Å². The number of carbonyl (C=O) groups is 1. The molecule has 0 bridgehead atoms. The highest BCUT2D eigenvalue weighted by atomic mass is 19.4. The van der Waals surface area contributed by atoms with Gasteiger partial charge < -0.3 is 4.74 Å². The Bertz CT molecular complexity index is 568.